The van der Waals surface area contributed by atoms with Crippen LogP contribution >= 0.6 is 0 Å². The van der Waals surface area contributed by atoms with Gasteiger partial charge in [0.05, 0.1) is 12.0 Å². The Morgan fingerprint density at radius 2 is 1.81 bits per heavy atom. The van der Waals surface area contributed by atoms with Crippen LogP contribution in [0.5, 0.6) is 5.75 Å². The first-order chi connectivity index (χ1) is 15.4. The lowest BCUT2D eigenvalue weighted by atomic mass is 10.1. The molecule has 168 valence electrons. The second kappa shape index (κ2) is 10.7. The molecule has 9 heteroatoms. The lowest BCUT2D eigenvalue weighted by molar-refractivity contribution is 0.251. The third-order valence-electron chi connectivity index (χ3n) is 4.85. The fourth-order valence-corrected chi connectivity index (χ4v) is 4.16. The van der Waals surface area contributed by atoms with Crippen LogP contribution in [0.2, 0.25) is 0 Å². The number of amides is 2. The van der Waals surface area contributed by atoms with Crippen LogP contribution in [-0.2, 0) is 23.0 Å². The van der Waals surface area contributed by atoms with Crippen molar-refractivity contribution < 1.29 is 17.9 Å². The van der Waals surface area contributed by atoms with E-state index in [1.807, 2.05) is 30.3 Å². The van der Waals surface area contributed by atoms with E-state index in [2.05, 4.69) is 15.6 Å². The van der Waals surface area contributed by atoms with Gasteiger partial charge in [-0.1, -0.05) is 18.2 Å². The number of carbonyl (C=O) groups excluding carboxylic acids is 1. The summed E-state index contributed by atoms with van der Waals surface area (Å²) in [6, 6.07) is 16.9. The number of hydrogen-bond acceptors (Lipinski definition) is 5. The highest BCUT2D eigenvalue weighted by Crippen LogP contribution is 2.19. The molecule has 0 aliphatic rings. The summed E-state index contributed by atoms with van der Waals surface area (Å²) in [6.07, 6.45) is 3.89. The van der Waals surface area contributed by atoms with Crippen molar-refractivity contribution in [3.63, 3.8) is 0 Å². The van der Waals surface area contributed by atoms with Crippen LogP contribution < -0.4 is 15.4 Å². The monoisotopic (exact) mass is 454 g/mol. The SMILES string of the molecule is COc1cccc(CCN(C)S(=O)(=O)c2ccc(NC(=O)NCc3cccnc3)cc2)c1. The van der Waals surface area contributed by atoms with Gasteiger partial charge in [-0.15, -0.1) is 0 Å². The summed E-state index contributed by atoms with van der Waals surface area (Å²) in [7, 11) is -0.504. The minimum atomic E-state index is -3.65. The zero-order chi connectivity index (χ0) is 23.0. The van der Waals surface area contributed by atoms with Crippen LogP contribution in [0.15, 0.2) is 78.0 Å². The Morgan fingerprint density at radius 3 is 2.50 bits per heavy atom. The van der Waals surface area contributed by atoms with Gasteiger partial charge < -0.3 is 15.4 Å². The predicted molar refractivity (Wildman–Crippen MR) is 123 cm³/mol. The normalized spacial score (nSPS) is 11.2. The van der Waals surface area contributed by atoms with E-state index >= 15 is 0 Å². The quantitative estimate of drug-likeness (QED) is 0.517. The third kappa shape index (κ3) is 6.29. The summed E-state index contributed by atoms with van der Waals surface area (Å²) in [5.41, 5.74) is 2.36. The van der Waals surface area contributed by atoms with E-state index < -0.39 is 10.0 Å². The number of methoxy groups -OCH3 is 1. The smallest absolute Gasteiger partial charge is 0.319 e. The van der Waals surface area contributed by atoms with E-state index in [4.69, 9.17) is 4.74 Å². The van der Waals surface area contributed by atoms with Crippen molar-refractivity contribution in [1.29, 1.82) is 0 Å². The molecular formula is C23H26N4O4S. The Balaban J connectivity index is 1.55. The number of rotatable bonds is 9. The third-order valence-corrected chi connectivity index (χ3v) is 6.72. The van der Waals surface area contributed by atoms with E-state index in [1.54, 1.807) is 44.8 Å². The number of sulfonamides is 1. The van der Waals surface area contributed by atoms with Crippen LogP contribution in [0.4, 0.5) is 10.5 Å². The van der Waals surface area contributed by atoms with Crippen molar-refractivity contribution in [3.05, 3.63) is 84.2 Å². The number of likely N-dealkylation sites (N-methyl/N-ethyl adjacent to an activating group) is 1. The maximum absolute atomic E-state index is 12.9. The molecule has 1 aromatic heterocycles. The van der Waals surface area contributed by atoms with Gasteiger partial charge in [0.25, 0.3) is 0 Å². The Labute approximate surface area is 188 Å². The number of benzene rings is 2. The Hall–Kier alpha value is -3.43. The summed E-state index contributed by atoms with van der Waals surface area (Å²) in [4.78, 5) is 16.2. The molecule has 0 fully saturated rings. The van der Waals surface area contributed by atoms with Crippen LogP contribution in [0.1, 0.15) is 11.1 Å². The number of nitrogens with zero attached hydrogens (tertiary/aromatic N) is 2. The number of carbonyl (C=O) groups is 1. The van der Waals surface area contributed by atoms with Crippen LogP contribution in [0, 0.1) is 0 Å². The molecule has 3 aromatic rings. The second-order valence-electron chi connectivity index (χ2n) is 7.12. The standard InChI is InChI=1S/C23H26N4O4S/c1-27(14-12-18-5-3-7-21(15-18)31-2)32(29,30)22-10-8-20(9-11-22)26-23(28)25-17-19-6-4-13-24-16-19/h3-11,13,15-16H,12,14,17H2,1-2H3,(H2,25,26,28). The number of urea groups is 1. The first-order valence-corrected chi connectivity index (χ1v) is 11.5. The van der Waals surface area contributed by atoms with Gasteiger partial charge >= 0.3 is 6.03 Å². The molecule has 0 bridgehead atoms. The molecule has 0 radical (unpaired) electrons. The van der Waals surface area contributed by atoms with Crippen molar-refractivity contribution in [2.45, 2.75) is 17.9 Å². The topological polar surface area (TPSA) is 101 Å². The molecular weight excluding hydrogens is 428 g/mol. The molecule has 2 N–H and O–H groups in total. The zero-order valence-corrected chi connectivity index (χ0v) is 18.8. The molecule has 0 atom stereocenters. The highest BCUT2D eigenvalue weighted by molar-refractivity contribution is 7.89. The molecule has 1 heterocycles. The van der Waals surface area contributed by atoms with E-state index in [9.17, 15) is 13.2 Å². The van der Waals surface area contributed by atoms with Crippen molar-refractivity contribution in [2.24, 2.45) is 0 Å². The summed E-state index contributed by atoms with van der Waals surface area (Å²) in [6.45, 7) is 0.663. The van der Waals surface area contributed by atoms with Crippen molar-refractivity contribution in [2.75, 3.05) is 26.0 Å². The maximum Gasteiger partial charge on any atom is 0.319 e. The molecule has 0 unspecified atom stereocenters. The largest absolute Gasteiger partial charge is 0.497 e. The Kier molecular flexibility index (Phi) is 7.80. The molecule has 3 rings (SSSR count). The van der Waals surface area contributed by atoms with Gasteiger partial charge in [0, 0.05) is 38.2 Å². The molecule has 0 aliphatic heterocycles. The van der Waals surface area contributed by atoms with Crippen molar-refractivity contribution >= 4 is 21.7 Å². The predicted octanol–water partition coefficient (Wildman–Crippen LogP) is 3.28. The summed E-state index contributed by atoms with van der Waals surface area (Å²) >= 11 is 0. The number of ether oxygens (including phenoxy) is 1. The fourth-order valence-electron chi connectivity index (χ4n) is 2.99. The molecule has 2 amide bonds. The molecule has 8 nitrogen and oxygen atoms in total. The van der Waals surface area contributed by atoms with Crippen LogP contribution in [0.3, 0.4) is 0 Å². The van der Waals surface area contributed by atoms with Gasteiger partial charge in [0.2, 0.25) is 10.0 Å². The summed E-state index contributed by atoms with van der Waals surface area (Å²) < 4.78 is 32.3. The average Bonchev–Trinajstić information content (AvgIpc) is 2.82. The lowest BCUT2D eigenvalue weighted by Crippen LogP contribution is -2.29. The first-order valence-electron chi connectivity index (χ1n) is 10.0. The highest BCUT2D eigenvalue weighted by Gasteiger charge is 2.20. The minimum Gasteiger partial charge on any atom is -0.497 e. The molecule has 2 aromatic carbocycles. The van der Waals surface area contributed by atoms with Crippen molar-refractivity contribution in [3.8, 4) is 5.75 Å². The van der Waals surface area contributed by atoms with Gasteiger partial charge in [-0.05, 0) is 60.0 Å². The van der Waals surface area contributed by atoms with E-state index in [0.29, 0.717) is 25.2 Å². The number of pyridine rings is 1. The Morgan fingerprint density at radius 1 is 1.06 bits per heavy atom. The molecule has 0 saturated carbocycles. The molecule has 0 aliphatic carbocycles. The molecule has 0 spiro atoms. The van der Waals surface area contributed by atoms with Crippen LogP contribution in [-0.4, -0.2) is 44.4 Å². The van der Waals surface area contributed by atoms with Crippen molar-refractivity contribution in [1.82, 2.24) is 14.6 Å². The first kappa shape index (κ1) is 23.2. The molecule has 32 heavy (non-hydrogen) atoms. The Bertz CT molecular complexity index is 1140. The van der Waals surface area contributed by atoms with Gasteiger partial charge in [-0.25, -0.2) is 17.5 Å². The van der Waals surface area contributed by atoms with E-state index in [0.717, 1.165) is 16.9 Å². The van der Waals surface area contributed by atoms with E-state index in [-0.39, 0.29) is 10.9 Å². The summed E-state index contributed by atoms with van der Waals surface area (Å²) in [5.74, 6) is 0.737. The average molecular weight is 455 g/mol. The maximum atomic E-state index is 12.9. The van der Waals surface area contributed by atoms with Gasteiger partial charge in [-0.2, -0.15) is 0 Å². The van der Waals surface area contributed by atoms with E-state index in [1.165, 1.54) is 16.4 Å². The number of anilines is 1. The van der Waals surface area contributed by atoms with Gasteiger partial charge in [-0.3, -0.25) is 4.98 Å². The zero-order valence-electron chi connectivity index (χ0n) is 18.0. The number of nitrogens with one attached hydrogen (secondary N) is 2. The number of hydrogen-bond donors (Lipinski definition) is 2. The highest BCUT2D eigenvalue weighted by atomic mass is 32.2. The fraction of sp³-hybridized carbons (Fsp3) is 0.217. The van der Waals surface area contributed by atoms with Crippen LogP contribution in [0.25, 0.3) is 0 Å². The van der Waals surface area contributed by atoms with Gasteiger partial charge in [0.15, 0.2) is 0 Å². The number of aromatic nitrogens is 1. The minimum absolute atomic E-state index is 0.159. The second-order valence-corrected chi connectivity index (χ2v) is 9.17. The molecule has 0 saturated heterocycles. The summed E-state index contributed by atoms with van der Waals surface area (Å²) in [5, 5.41) is 5.41. The lowest BCUT2D eigenvalue weighted by Gasteiger charge is -2.18. The van der Waals surface area contributed by atoms with Gasteiger partial charge in [0.1, 0.15) is 5.75 Å².